The van der Waals surface area contributed by atoms with Crippen LogP contribution in [0.5, 0.6) is 0 Å². The number of nitrogens with zero attached hydrogens (tertiary/aromatic N) is 2. The van der Waals surface area contributed by atoms with Crippen molar-refractivity contribution in [3.8, 4) is 10.6 Å². The molecule has 0 aliphatic carbocycles. The Bertz CT molecular complexity index is 890. The van der Waals surface area contributed by atoms with Gasteiger partial charge in [0, 0.05) is 18.7 Å². The van der Waals surface area contributed by atoms with E-state index in [0.717, 1.165) is 23.5 Å². The highest BCUT2D eigenvalue weighted by Crippen LogP contribution is 2.33. The Balaban J connectivity index is 1.70. The van der Waals surface area contributed by atoms with E-state index < -0.39 is 23.7 Å². The summed E-state index contributed by atoms with van der Waals surface area (Å²) in [5.41, 5.74) is 0.193. The average Bonchev–Trinajstić information content (AvgIpc) is 3.09. The fraction of sp³-hybridized carbons (Fsp3) is 0.421. The van der Waals surface area contributed by atoms with Crippen LogP contribution in [0.4, 0.5) is 13.2 Å². The summed E-state index contributed by atoms with van der Waals surface area (Å²) in [6.45, 7) is 5.16. The first-order valence-corrected chi connectivity index (χ1v) is 9.81. The minimum absolute atomic E-state index is 0.188. The molecule has 1 atom stereocenters. The predicted octanol–water partition coefficient (Wildman–Crippen LogP) is 3.11. The van der Waals surface area contributed by atoms with Gasteiger partial charge in [0.25, 0.3) is 5.91 Å². The van der Waals surface area contributed by atoms with Crippen molar-refractivity contribution in [2.24, 2.45) is 0 Å². The molecular formula is C19H20F3N3O3S. The normalized spacial score (nSPS) is 15.8. The number of hydrogen-bond acceptors (Lipinski definition) is 5. The minimum atomic E-state index is -4.41. The third-order valence-corrected chi connectivity index (χ3v) is 5.71. The van der Waals surface area contributed by atoms with E-state index in [1.807, 2.05) is 0 Å². The topological polar surface area (TPSA) is 71.5 Å². The lowest BCUT2D eigenvalue weighted by molar-refractivity contribution is -0.138. The van der Waals surface area contributed by atoms with Crippen molar-refractivity contribution in [3.63, 3.8) is 0 Å². The Kier molecular flexibility index (Phi) is 6.23. The zero-order valence-corrected chi connectivity index (χ0v) is 16.7. The summed E-state index contributed by atoms with van der Waals surface area (Å²) < 4.78 is 43.4. The van der Waals surface area contributed by atoms with Crippen LogP contribution in [0, 0.1) is 6.92 Å². The zero-order chi connectivity index (χ0) is 21.2. The van der Waals surface area contributed by atoms with E-state index in [9.17, 15) is 22.8 Å². The summed E-state index contributed by atoms with van der Waals surface area (Å²) in [7, 11) is 0. The highest BCUT2D eigenvalue weighted by atomic mass is 32.1. The molecule has 0 bridgehead atoms. The molecule has 6 nitrogen and oxygen atoms in total. The molecule has 1 aromatic carbocycles. The van der Waals surface area contributed by atoms with Crippen LogP contribution in [0.25, 0.3) is 10.6 Å². The highest BCUT2D eigenvalue weighted by Gasteiger charge is 2.30. The first kappa shape index (κ1) is 21.3. The number of rotatable bonds is 4. The van der Waals surface area contributed by atoms with Crippen LogP contribution < -0.4 is 5.32 Å². The van der Waals surface area contributed by atoms with Gasteiger partial charge >= 0.3 is 6.18 Å². The number of carbonyl (C=O) groups is 2. The largest absolute Gasteiger partial charge is 0.416 e. The summed E-state index contributed by atoms with van der Waals surface area (Å²) in [4.78, 5) is 31.3. The van der Waals surface area contributed by atoms with Gasteiger partial charge in [0.2, 0.25) is 5.91 Å². The van der Waals surface area contributed by atoms with Gasteiger partial charge in [0.1, 0.15) is 15.9 Å². The second-order valence-corrected chi connectivity index (χ2v) is 7.64. The second kappa shape index (κ2) is 8.50. The van der Waals surface area contributed by atoms with Crippen LogP contribution in [0.1, 0.15) is 27.9 Å². The van der Waals surface area contributed by atoms with Gasteiger partial charge in [-0.15, -0.1) is 11.3 Å². The molecule has 2 heterocycles. The summed E-state index contributed by atoms with van der Waals surface area (Å²) in [6, 6.07) is 3.90. The molecule has 0 unspecified atom stereocenters. The standard InChI is InChI=1S/C19H20F3N3O3S/c1-11-15(16(26)23-12(2)18(27)25-7-9-28-10-8-25)29-17(24-11)13-3-5-14(6-4-13)19(20,21)22/h3-6,12H,7-10H2,1-2H3,(H,23,26)/t12-/m0/s1. The van der Waals surface area contributed by atoms with Gasteiger partial charge in [0.05, 0.1) is 24.5 Å². The quantitative estimate of drug-likeness (QED) is 0.814. The Morgan fingerprint density at radius 1 is 1.21 bits per heavy atom. The molecule has 156 valence electrons. The number of aromatic nitrogens is 1. The third kappa shape index (κ3) is 4.94. The maximum absolute atomic E-state index is 12.7. The fourth-order valence-corrected chi connectivity index (χ4v) is 3.89. The molecule has 0 spiro atoms. The second-order valence-electron chi connectivity index (χ2n) is 6.64. The number of morpholine rings is 1. The molecule has 29 heavy (non-hydrogen) atoms. The molecule has 0 radical (unpaired) electrons. The van der Waals surface area contributed by atoms with Crippen LogP contribution in [-0.4, -0.2) is 54.0 Å². The monoisotopic (exact) mass is 427 g/mol. The number of halogens is 3. The Hall–Kier alpha value is -2.46. The van der Waals surface area contributed by atoms with Gasteiger partial charge in [-0.2, -0.15) is 13.2 Å². The number of carbonyl (C=O) groups excluding carboxylic acids is 2. The van der Waals surface area contributed by atoms with Gasteiger partial charge in [-0.25, -0.2) is 4.98 Å². The number of benzene rings is 1. The van der Waals surface area contributed by atoms with E-state index in [1.54, 1.807) is 18.7 Å². The minimum Gasteiger partial charge on any atom is -0.378 e. The molecule has 0 saturated carbocycles. The Morgan fingerprint density at radius 2 is 1.83 bits per heavy atom. The summed E-state index contributed by atoms with van der Waals surface area (Å²) >= 11 is 1.07. The lowest BCUT2D eigenvalue weighted by Crippen LogP contribution is -2.50. The third-order valence-electron chi connectivity index (χ3n) is 4.50. The van der Waals surface area contributed by atoms with Crippen LogP contribution in [0.3, 0.4) is 0 Å². The number of aryl methyl sites for hydroxylation is 1. The molecule has 1 aliphatic heterocycles. The van der Waals surface area contributed by atoms with Crippen molar-refractivity contribution in [1.82, 2.24) is 15.2 Å². The maximum atomic E-state index is 12.7. The Labute approximate surface area is 169 Å². The van der Waals surface area contributed by atoms with E-state index in [-0.39, 0.29) is 5.91 Å². The van der Waals surface area contributed by atoms with E-state index in [0.29, 0.717) is 47.4 Å². The van der Waals surface area contributed by atoms with Gasteiger partial charge in [0.15, 0.2) is 0 Å². The molecule has 1 saturated heterocycles. The number of nitrogens with one attached hydrogen (secondary N) is 1. The number of hydrogen-bond donors (Lipinski definition) is 1. The molecule has 1 aromatic heterocycles. The van der Waals surface area contributed by atoms with Crippen molar-refractivity contribution < 1.29 is 27.5 Å². The molecule has 3 rings (SSSR count). The molecular weight excluding hydrogens is 407 g/mol. The first-order valence-electron chi connectivity index (χ1n) is 8.99. The highest BCUT2D eigenvalue weighted by molar-refractivity contribution is 7.17. The zero-order valence-electron chi connectivity index (χ0n) is 15.9. The average molecular weight is 427 g/mol. The maximum Gasteiger partial charge on any atom is 0.416 e. The molecule has 1 aliphatic rings. The van der Waals surface area contributed by atoms with Crippen molar-refractivity contribution in [2.45, 2.75) is 26.1 Å². The van der Waals surface area contributed by atoms with E-state index in [2.05, 4.69) is 10.3 Å². The summed E-state index contributed by atoms with van der Waals surface area (Å²) in [5.74, 6) is -0.626. The van der Waals surface area contributed by atoms with E-state index in [4.69, 9.17) is 4.74 Å². The lowest BCUT2D eigenvalue weighted by Gasteiger charge is -2.29. The lowest BCUT2D eigenvalue weighted by atomic mass is 10.1. The summed E-state index contributed by atoms with van der Waals surface area (Å²) in [5, 5.41) is 3.12. The molecule has 2 amide bonds. The smallest absolute Gasteiger partial charge is 0.378 e. The van der Waals surface area contributed by atoms with Crippen LogP contribution in [-0.2, 0) is 15.7 Å². The van der Waals surface area contributed by atoms with Crippen LogP contribution in [0.15, 0.2) is 24.3 Å². The summed E-state index contributed by atoms with van der Waals surface area (Å²) in [6.07, 6.45) is -4.41. The van der Waals surface area contributed by atoms with Gasteiger partial charge < -0.3 is 15.0 Å². The van der Waals surface area contributed by atoms with Gasteiger partial charge in [-0.3, -0.25) is 9.59 Å². The number of ether oxygens (including phenoxy) is 1. The fourth-order valence-electron chi connectivity index (χ4n) is 2.91. The van der Waals surface area contributed by atoms with Crippen molar-refractivity contribution in [1.29, 1.82) is 0 Å². The number of thiazole rings is 1. The van der Waals surface area contributed by atoms with Crippen LogP contribution in [0.2, 0.25) is 0 Å². The van der Waals surface area contributed by atoms with Gasteiger partial charge in [-0.1, -0.05) is 12.1 Å². The van der Waals surface area contributed by atoms with Crippen molar-refractivity contribution in [3.05, 3.63) is 40.4 Å². The van der Waals surface area contributed by atoms with Crippen molar-refractivity contribution >= 4 is 23.2 Å². The predicted molar refractivity (Wildman–Crippen MR) is 102 cm³/mol. The SMILES string of the molecule is Cc1nc(-c2ccc(C(F)(F)F)cc2)sc1C(=O)N[C@@H](C)C(=O)N1CCOCC1. The van der Waals surface area contributed by atoms with E-state index in [1.165, 1.54) is 12.1 Å². The first-order chi connectivity index (χ1) is 13.7. The molecule has 2 aromatic rings. The molecule has 1 fully saturated rings. The molecule has 1 N–H and O–H groups in total. The Morgan fingerprint density at radius 3 is 2.41 bits per heavy atom. The molecule has 10 heteroatoms. The van der Waals surface area contributed by atoms with Crippen molar-refractivity contribution in [2.75, 3.05) is 26.3 Å². The number of alkyl halides is 3. The van der Waals surface area contributed by atoms with Crippen LogP contribution >= 0.6 is 11.3 Å². The van der Waals surface area contributed by atoms with Gasteiger partial charge in [-0.05, 0) is 26.0 Å². The van der Waals surface area contributed by atoms with E-state index >= 15 is 0 Å². The number of amides is 2.